The van der Waals surface area contributed by atoms with Crippen LogP contribution in [0.1, 0.15) is 0 Å². The van der Waals surface area contributed by atoms with Crippen LogP contribution in [0.25, 0.3) is 0 Å². The Morgan fingerprint density at radius 3 is 1.62 bits per heavy atom. The minimum absolute atomic E-state index is 0.479. The van der Waals surface area contributed by atoms with Gasteiger partial charge in [-0.3, -0.25) is 20.2 Å². The highest BCUT2D eigenvalue weighted by Gasteiger charge is 2.49. The van der Waals surface area contributed by atoms with E-state index in [9.17, 15) is 35.0 Å². The molecule has 4 unspecified atom stereocenters. The first kappa shape index (κ1) is 20.0. The van der Waals surface area contributed by atoms with Gasteiger partial charge in [0, 0.05) is 16.7 Å². The number of hydrogen-bond donors (Lipinski definition) is 2. The molecule has 0 fully saturated rings. The fourth-order valence-corrected chi connectivity index (χ4v) is 3.03. The lowest BCUT2D eigenvalue weighted by atomic mass is 9.92. The Morgan fingerprint density at radius 1 is 0.885 bits per heavy atom. The van der Waals surface area contributed by atoms with Gasteiger partial charge in [-0.2, -0.15) is 0 Å². The summed E-state index contributed by atoms with van der Waals surface area (Å²) in [5.41, 5.74) is -4.79. The number of hydrogen-bond acceptors (Lipinski definition) is 9. The maximum atomic E-state index is 11.8. The summed E-state index contributed by atoms with van der Waals surface area (Å²) < 4.78 is 21.6. The number of aliphatic hydroxyl groups is 2. The fraction of sp³-hybridized carbons (Fsp3) is 0.429. The number of rotatable bonds is 8. The standard InChI is InChI=1S/C14H16N2O9P/c17-13(15(19)20)7-3-1-5-11(13)9-24-26(23)25-10-12-6-2-4-8-14(12,18)16(21)22/h1-8,11-12,17-18H,9-10H2/q+1. The highest BCUT2D eigenvalue weighted by Crippen LogP contribution is 2.33. The summed E-state index contributed by atoms with van der Waals surface area (Å²) >= 11 is 0. The van der Waals surface area contributed by atoms with Crippen LogP contribution in [0.5, 0.6) is 0 Å². The molecule has 11 nitrogen and oxygen atoms in total. The van der Waals surface area contributed by atoms with Crippen molar-refractivity contribution in [2.75, 3.05) is 13.2 Å². The quantitative estimate of drug-likeness (QED) is 0.269. The molecule has 0 radical (unpaired) electrons. The van der Waals surface area contributed by atoms with Gasteiger partial charge >= 0.3 is 19.7 Å². The Balaban J connectivity index is 1.90. The third-order valence-corrected chi connectivity index (χ3v) is 4.71. The van der Waals surface area contributed by atoms with Crippen molar-refractivity contribution in [1.29, 1.82) is 0 Å². The van der Waals surface area contributed by atoms with Crippen LogP contribution in [0.2, 0.25) is 0 Å². The molecule has 0 spiro atoms. The lowest BCUT2D eigenvalue weighted by molar-refractivity contribution is -0.617. The first-order valence-electron chi connectivity index (χ1n) is 7.39. The number of nitrogens with zero attached hydrogens (tertiary/aromatic N) is 2. The maximum Gasteiger partial charge on any atom is 0.697 e. The molecule has 12 heteroatoms. The molecule has 26 heavy (non-hydrogen) atoms. The second-order valence-electron chi connectivity index (χ2n) is 5.60. The van der Waals surface area contributed by atoms with Gasteiger partial charge in [-0.1, -0.05) is 36.5 Å². The van der Waals surface area contributed by atoms with Crippen molar-refractivity contribution in [3.63, 3.8) is 0 Å². The summed E-state index contributed by atoms with van der Waals surface area (Å²) in [7, 11) is -2.79. The molecular formula is C14H16N2O9P+. The number of nitro groups is 2. The zero-order chi connectivity index (χ0) is 19.4. The molecule has 0 amide bonds. The summed E-state index contributed by atoms with van der Waals surface area (Å²) in [5, 5.41) is 42.0. The largest absolute Gasteiger partial charge is 0.697 e. The Morgan fingerprint density at radius 2 is 1.27 bits per heavy atom. The molecule has 140 valence electrons. The Hall–Kier alpha value is -2.30. The topological polar surface area (TPSA) is 162 Å². The summed E-state index contributed by atoms with van der Waals surface area (Å²) in [6.07, 6.45) is 10.1. The van der Waals surface area contributed by atoms with Gasteiger partial charge in [-0.15, -0.1) is 9.05 Å². The van der Waals surface area contributed by atoms with E-state index in [2.05, 4.69) is 0 Å². The number of allylic oxidation sites excluding steroid dienone is 4. The molecule has 2 aliphatic rings. The minimum Gasteiger partial charge on any atom is -0.327 e. The van der Waals surface area contributed by atoms with Crippen LogP contribution < -0.4 is 0 Å². The van der Waals surface area contributed by atoms with Crippen LogP contribution in [0, 0.1) is 32.1 Å². The van der Waals surface area contributed by atoms with Crippen molar-refractivity contribution in [3.05, 3.63) is 68.8 Å². The maximum absolute atomic E-state index is 11.8. The zero-order valence-electron chi connectivity index (χ0n) is 13.3. The molecule has 0 aromatic rings. The summed E-state index contributed by atoms with van der Waals surface area (Å²) in [6, 6.07) is 0. The third-order valence-electron chi connectivity index (χ3n) is 3.99. The van der Waals surface area contributed by atoms with Gasteiger partial charge in [0.05, 0.1) is 9.85 Å². The lowest BCUT2D eigenvalue weighted by Crippen LogP contribution is -2.46. The zero-order valence-corrected chi connectivity index (χ0v) is 14.2. The lowest BCUT2D eigenvalue weighted by Gasteiger charge is -2.23. The van der Waals surface area contributed by atoms with Crippen molar-refractivity contribution in [3.8, 4) is 0 Å². The van der Waals surface area contributed by atoms with E-state index in [0.29, 0.717) is 0 Å². The summed E-state index contributed by atoms with van der Waals surface area (Å²) in [5.74, 6) is -2.20. The van der Waals surface area contributed by atoms with Crippen molar-refractivity contribution >= 4 is 8.25 Å². The fourth-order valence-electron chi connectivity index (χ4n) is 2.39. The van der Waals surface area contributed by atoms with E-state index in [1.807, 2.05) is 0 Å². The second kappa shape index (κ2) is 7.94. The Labute approximate surface area is 148 Å². The Kier molecular flexibility index (Phi) is 6.11. The molecule has 0 aromatic carbocycles. The van der Waals surface area contributed by atoms with E-state index in [1.165, 1.54) is 36.5 Å². The van der Waals surface area contributed by atoms with Crippen molar-refractivity contribution in [2.24, 2.45) is 11.8 Å². The van der Waals surface area contributed by atoms with Gasteiger partial charge in [0.25, 0.3) is 0 Å². The molecule has 0 aliphatic heterocycles. The monoisotopic (exact) mass is 387 g/mol. The molecule has 0 saturated heterocycles. The average Bonchev–Trinajstić information content (AvgIpc) is 2.60. The van der Waals surface area contributed by atoms with E-state index in [0.717, 1.165) is 12.2 Å². The van der Waals surface area contributed by atoms with Crippen LogP contribution in [-0.2, 0) is 13.6 Å². The molecule has 2 aliphatic carbocycles. The molecule has 2 N–H and O–H groups in total. The normalized spacial score (nSPS) is 33.2. The molecule has 0 saturated carbocycles. The van der Waals surface area contributed by atoms with E-state index in [-0.39, 0.29) is 0 Å². The van der Waals surface area contributed by atoms with E-state index >= 15 is 0 Å². The molecule has 4 atom stereocenters. The van der Waals surface area contributed by atoms with E-state index in [4.69, 9.17) is 9.05 Å². The second-order valence-corrected chi connectivity index (χ2v) is 6.56. The van der Waals surface area contributed by atoms with Crippen LogP contribution in [0.4, 0.5) is 0 Å². The van der Waals surface area contributed by atoms with Gasteiger partial charge in [-0.25, -0.2) is 0 Å². The predicted octanol–water partition coefficient (Wildman–Crippen LogP) is 1.09. The minimum atomic E-state index is -2.79. The molecule has 0 aromatic heterocycles. The molecule has 0 heterocycles. The van der Waals surface area contributed by atoms with Crippen molar-refractivity contribution < 1.29 is 33.7 Å². The third kappa shape index (κ3) is 4.09. The van der Waals surface area contributed by atoms with Gasteiger partial charge in [0.2, 0.25) is 0 Å². The molecular weight excluding hydrogens is 371 g/mol. The van der Waals surface area contributed by atoms with E-state index in [1.54, 1.807) is 0 Å². The van der Waals surface area contributed by atoms with Gasteiger partial charge in [0.1, 0.15) is 25.0 Å². The first-order chi connectivity index (χ1) is 12.2. The van der Waals surface area contributed by atoms with Crippen LogP contribution in [-0.4, -0.2) is 44.7 Å². The van der Waals surface area contributed by atoms with Crippen molar-refractivity contribution in [2.45, 2.75) is 11.4 Å². The Bertz CT molecular complexity index is 661. The predicted molar refractivity (Wildman–Crippen MR) is 86.9 cm³/mol. The smallest absolute Gasteiger partial charge is 0.327 e. The van der Waals surface area contributed by atoms with Crippen LogP contribution in [0.15, 0.2) is 48.6 Å². The summed E-state index contributed by atoms with van der Waals surface area (Å²) in [4.78, 5) is 20.2. The highest BCUT2D eigenvalue weighted by atomic mass is 31.1. The van der Waals surface area contributed by atoms with Gasteiger partial charge in [0.15, 0.2) is 0 Å². The highest BCUT2D eigenvalue weighted by molar-refractivity contribution is 7.33. The molecule has 2 rings (SSSR count). The first-order valence-corrected chi connectivity index (χ1v) is 8.48. The van der Waals surface area contributed by atoms with E-state index < -0.39 is 54.6 Å². The van der Waals surface area contributed by atoms with Crippen LogP contribution >= 0.6 is 8.25 Å². The van der Waals surface area contributed by atoms with Crippen LogP contribution in [0.3, 0.4) is 0 Å². The SMILES string of the molecule is O=[N+]([O-])C1(O)C=CC=CC1CO[P+](=O)OCC1C=CC=CC1(O)[N+](=O)[O-]. The average molecular weight is 387 g/mol. The van der Waals surface area contributed by atoms with Crippen molar-refractivity contribution in [1.82, 2.24) is 0 Å². The summed E-state index contributed by atoms with van der Waals surface area (Å²) in [6.45, 7) is -0.957. The molecule has 0 bridgehead atoms. The van der Waals surface area contributed by atoms with Gasteiger partial charge < -0.3 is 10.2 Å². The van der Waals surface area contributed by atoms with Gasteiger partial charge in [-0.05, 0) is 0 Å².